The van der Waals surface area contributed by atoms with Gasteiger partial charge in [0.25, 0.3) is 0 Å². The minimum atomic E-state index is -3.02. The Kier molecular flexibility index (Phi) is 4.64. The quantitative estimate of drug-likeness (QED) is 0.803. The van der Waals surface area contributed by atoms with Crippen molar-refractivity contribution in [1.29, 1.82) is 0 Å². The van der Waals surface area contributed by atoms with E-state index in [9.17, 15) is 8.42 Å². The predicted octanol–water partition coefficient (Wildman–Crippen LogP) is 0.914. The van der Waals surface area contributed by atoms with E-state index in [2.05, 4.69) is 56.8 Å². The molecule has 2 fully saturated rings. The third-order valence-corrected chi connectivity index (χ3v) is 7.31. The van der Waals surface area contributed by atoms with E-state index in [0.717, 1.165) is 30.2 Å². The zero-order chi connectivity index (χ0) is 19.2. The fourth-order valence-electron chi connectivity index (χ4n) is 4.12. The molecule has 2 aromatic rings. The van der Waals surface area contributed by atoms with E-state index in [1.807, 2.05) is 6.20 Å². The SMILES string of the molecule is CC(C)(C)c1cc(CN2CCN(Cc3cnc[nH]3)[C@@H]3CS(=O)(=O)C[C@@H]32)[nH]n1. The van der Waals surface area contributed by atoms with Crippen molar-refractivity contribution in [3.8, 4) is 0 Å². The van der Waals surface area contributed by atoms with Gasteiger partial charge in [-0.3, -0.25) is 14.9 Å². The fourth-order valence-corrected chi connectivity index (χ4v) is 6.17. The van der Waals surface area contributed by atoms with Crippen molar-refractivity contribution in [3.05, 3.63) is 35.7 Å². The molecular weight excluding hydrogens is 364 g/mol. The largest absolute Gasteiger partial charge is 0.347 e. The van der Waals surface area contributed by atoms with E-state index in [1.165, 1.54) is 0 Å². The van der Waals surface area contributed by atoms with Crippen LogP contribution in [0, 0.1) is 0 Å². The van der Waals surface area contributed by atoms with Gasteiger partial charge in [-0.1, -0.05) is 20.8 Å². The third-order valence-electron chi connectivity index (χ3n) is 5.61. The highest BCUT2D eigenvalue weighted by Gasteiger charge is 2.46. The van der Waals surface area contributed by atoms with Gasteiger partial charge in [0, 0.05) is 61.3 Å². The Bertz CT molecular complexity index is 883. The van der Waals surface area contributed by atoms with Crippen LogP contribution in [-0.4, -0.2) is 75.1 Å². The van der Waals surface area contributed by atoms with E-state index < -0.39 is 9.84 Å². The molecule has 4 heterocycles. The molecular formula is C18H28N6O2S. The number of hydrogen-bond acceptors (Lipinski definition) is 6. The normalized spacial score (nSPS) is 26.3. The molecule has 2 aliphatic rings. The molecule has 0 amide bonds. The number of imidazole rings is 1. The number of hydrogen-bond donors (Lipinski definition) is 2. The van der Waals surface area contributed by atoms with Gasteiger partial charge in [0.15, 0.2) is 9.84 Å². The lowest BCUT2D eigenvalue weighted by molar-refractivity contribution is 0.0341. The van der Waals surface area contributed by atoms with Crippen LogP contribution < -0.4 is 0 Å². The lowest BCUT2D eigenvalue weighted by atomic mass is 9.92. The molecule has 4 rings (SSSR count). The van der Waals surface area contributed by atoms with Gasteiger partial charge in [-0.2, -0.15) is 5.10 Å². The highest BCUT2D eigenvalue weighted by Crippen LogP contribution is 2.29. The minimum Gasteiger partial charge on any atom is -0.347 e. The molecule has 148 valence electrons. The van der Waals surface area contributed by atoms with Crippen LogP contribution >= 0.6 is 0 Å². The van der Waals surface area contributed by atoms with Crippen molar-refractivity contribution in [2.24, 2.45) is 0 Å². The first-order valence-corrected chi connectivity index (χ1v) is 11.2. The molecule has 0 spiro atoms. The predicted molar refractivity (Wildman–Crippen MR) is 103 cm³/mol. The molecule has 8 nitrogen and oxygen atoms in total. The van der Waals surface area contributed by atoms with Crippen LogP contribution in [0.4, 0.5) is 0 Å². The van der Waals surface area contributed by atoms with Crippen LogP contribution in [0.25, 0.3) is 0 Å². The van der Waals surface area contributed by atoms with Crippen LogP contribution in [0.5, 0.6) is 0 Å². The lowest BCUT2D eigenvalue weighted by Gasteiger charge is -2.43. The molecule has 2 aromatic heterocycles. The summed E-state index contributed by atoms with van der Waals surface area (Å²) in [6.07, 6.45) is 3.48. The third kappa shape index (κ3) is 3.95. The number of piperazine rings is 1. The highest BCUT2D eigenvalue weighted by atomic mass is 32.2. The van der Waals surface area contributed by atoms with Gasteiger partial charge in [-0.15, -0.1) is 0 Å². The molecule has 0 saturated carbocycles. The van der Waals surface area contributed by atoms with E-state index in [4.69, 9.17) is 0 Å². The Morgan fingerprint density at radius 2 is 1.74 bits per heavy atom. The van der Waals surface area contributed by atoms with Crippen molar-refractivity contribution in [3.63, 3.8) is 0 Å². The zero-order valence-electron chi connectivity index (χ0n) is 16.1. The number of sulfone groups is 1. The van der Waals surface area contributed by atoms with Crippen molar-refractivity contribution in [2.75, 3.05) is 24.6 Å². The Morgan fingerprint density at radius 1 is 1.11 bits per heavy atom. The van der Waals surface area contributed by atoms with Gasteiger partial charge < -0.3 is 4.98 Å². The first kappa shape index (κ1) is 18.6. The molecule has 2 atom stereocenters. The topological polar surface area (TPSA) is 98.0 Å². The van der Waals surface area contributed by atoms with Crippen molar-refractivity contribution in [1.82, 2.24) is 30.0 Å². The van der Waals surface area contributed by atoms with Gasteiger partial charge in [0.2, 0.25) is 0 Å². The van der Waals surface area contributed by atoms with E-state index in [-0.39, 0.29) is 29.0 Å². The van der Waals surface area contributed by atoms with Crippen LogP contribution in [0.2, 0.25) is 0 Å². The summed E-state index contributed by atoms with van der Waals surface area (Å²) in [6.45, 7) is 9.52. The number of nitrogens with one attached hydrogen (secondary N) is 2. The summed E-state index contributed by atoms with van der Waals surface area (Å²) in [5.41, 5.74) is 3.10. The molecule has 27 heavy (non-hydrogen) atoms. The van der Waals surface area contributed by atoms with Gasteiger partial charge >= 0.3 is 0 Å². The van der Waals surface area contributed by atoms with Crippen molar-refractivity contribution < 1.29 is 8.42 Å². The van der Waals surface area contributed by atoms with E-state index in [0.29, 0.717) is 13.1 Å². The average molecular weight is 393 g/mol. The van der Waals surface area contributed by atoms with E-state index >= 15 is 0 Å². The monoisotopic (exact) mass is 392 g/mol. The number of aromatic nitrogens is 4. The molecule has 0 unspecified atom stereocenters. The highest BCUT2D eigenvalue weighted by molar-refractivity contribution is 7.91. The summed E-state index contributed by atoms with van der Waals surface area (Å²) >= 11 is 0. The fraction of sp³-hybridized carbons (Fsp3) is 0.667. The average Bonchev–Trinajstić information content (AvgIpc) is 3.28. The summed E-state index contributed by atoms with van der Waals surface area (Å²) in [6, 6.07) is 2.15. The first-order chi connectivity index (χ1) is 12.7. The van der Waals surface area contributed by atoms with Crippen LogP contribution in [0.3, 0.4) is 0 Å². The van der Waals surface area contributed by atoms with E-state index in [1.54, 1.807) is 6.33 Å². The molecule has 2 N–H and O–H groups in total. The minimum absolute atomic E-state index is 0.00322. The number of H-pyrrole nitrogens is 2. The zero-order valence-corrected chi connectivity index (χ0v) is 17.0. The molecule has 2 saturated heterocycles. The second kappa shape index (κ2) is 6.72. The summed E-state index contributed by atoms with van der Waals surface area (Å²) < 4.78 is 24.8. The number of fused-ring (bicyclic) bond motifs is 1. The Morgan fingerprint density at radius 3 is 2.26 bits per heavy atom. The van der Waals surface area contributed by atoms with Gasteiger partial charge in [0.1, 0.15) is 0 Å². The van der Waals surface area contributed by atoms with Crippen LogP contribution in [-0.2, 0) is 28.3 Å². The second-order valence-electron chi connectivity index (χ2n) is 8.76. The standard InChI is InChI=1S/C18H28N6O2S/c1-18(2,3)17-6-13(21-22-17)8-23-4-5-24(9-14-7-19-12-20-14)16-11-27(25,26)10-15(16)23/h6-7,12,15-16H,4-5,8-11H2,1-3H3,(H,19,20)(H,21,22)/t15-,16+/m0/s1. The van der Waals surface area contributed by atoms with Crippen LogP contribution in [0.1, 0.15) is 37.9 Å². The summed E-state index contributed by atoms with van der Waals surface area (Å²) in [5.74, 6) is 0.468. The maximum Gasteiger partial charge on any atom is 0.153 e. The smallest absolute Gasteiger partial charge is 0.153 e. The Labute approximate surface area is 160 Å². The molecule has 2 aliphatic heterocycles. The van der Waals surface area contributed by atoms with Crippen LogP contribution in [0.15, 0.2) is 18.6 Å². The lowest BCUT2D eigenvalue weighted by Crippen LogP contribution is -2.58. The molecule has 0 radical (unpaired) electrons. The molecule has 9 heteroatoms. The van der Waals surface area contributed by atoms with Crippen molar-refractivity contribution >= 4 is 9.84 Å². The first-order valence-electron chi connectivity index (χ1n) is 9.42. The number of nitrogens with zero attached hydrogens (tertiary/aromatic N) is 4. The van der Waals surface area contributed by atoms with Gasteiger partial charge in [0.05, 0.1) is 23.5 Å². The number of rotatable bonds is 4. The maximum atomic E-state index is 12.4. The number of aromatic amines is 2. The summed E-state index contributed by atoms with van der Waals surface area (Å²) in [4.78, 5) is 11.8. The Balaban J connectivity index is 1.51. The summed E-state index contributed by atoms with van der Waals surface area (Å²) in [7, 11) is -3.02. The van der Waals surface area contributed by atoms with Crippen molar-refractivity contribution in [2.45, 2.75) is 51.4 Å². The molecule has 0 aliphatic carbocycles. The van der Waals surface area contributed by atoms with Gasteiger partial charge in [-0.25, -0.2) is 13.4 Å². The molecule has 0 aromatic carbocycles. The second-order valence-corrected chi connectivity index (χ2v) is 10.9. The maximum absolute atomic E-state index is 12.4. The Hall–Kier alpha value is -1.71. The van der Waals surface area contributed by atoms with Gasteiger partial charge in [-0.05, 0) is 6.07 Å². The molecule has 0 bridgehead atoms. The summed E-state index contributed by atoms with van der Waals surface area (Å²) in [5, 5.41) is 7.58.